The first-order chi connectivity index (χ1) is 8.73. The zero-order chi connectivity index (χ0) is 14.6. The first-order valence-corrected chi connectivity index (χ1v) is 6.51. The van der Waals surface area contributed by atoms with Gasteiger partial charge in [-0.05, 0) is 54.4 Å². The highest BCUT2D eigenvalue weighted by Crippen LogP contribution is 2.35. The molecule has 1 rings (SSSR count). The summed E-state index contributed by atoms with van der Waals surface area (Å²) in [6, 6.07) is 3.47. The molecule has 0 aliphatic heterocycles. The molecule has 19 heavy (non-hydrogen) atoms. The molecule has 0 bridgehead atoms. The maximum atomic E-state index is 12.2. The van der Waals surface area contributed by atoms with E-state index < -0.39 is 12.8 Å². The van der Waals surface area contributed by atoms with Crippen molar-refractivity contribution in [3.63, 3.8) is 0 Å². The smallest absolute Gasteiger partial charge is 0.422 e. The van der Waals surface area contributed by atoms with E-state index in [1.54, 1.807) is 12.1 Å². The Bertz CT molecular complexity index is 436. The van der Waals surface area contributed by atoms with E-state index in [0.29, 0.717) is 15.9 Å². The predicted molar refractivity (Wildman–Crippen MR) is 74.7 cm³/mol. The molecule has 0 aromatic heterocycles. The molecule has 0 saturated carbocycles. The van der Waals surface area contributed by atoms with Crippen molar-refractivity contribution in [1.82, 2.24) is 4.90 Å². The number of hydrogen-bond donors (Lipinski definition) is 0. The Hall–Kier alpha value is -0.700. The fourth-order valence-corrected chi connectivity index (χ4v) is 2.35. The Kier molecular flexibility index (Phi) is 5.72. The second-order valence-electron chi connectivity index (χ2n) is 4.25. The van der Waals surface area contributed by atoms with Gasteiger partial charge in [0.2, 0.25) is 0 Å². The van der Waals surface area contributed by atoms with Crippen LogP contribution in [0.3, 0.4) is 0 Å². The summed E-state index contributed by atoms with van der Waals surface area (Å²) < 4.78 is 47.1. The molecule has 0 atom stereocenters. The van der Waals surface area contributed by atoms with Crippen molar-refractivity contribution in [3.8, 4) is 11.5 Å². The monoisotopic (exact) mass is 389 g/mol. The van der Waals surface area contributed by atoms with Gasteiger partial charge in [-0.3, -0.25) is 0 Å². The van der Waals surface area contributed by atoms with Crippen LogP contribution in [-0.2, 0) is 6.54 Å². The molecule has 7 heteroatoms. The van der Waals surface area contributed by atoms with Gasteiger partial charge in [-0.1, -0.05) is 0 Å². The average Bonchev–Trinajstić information content (AvgIpc) is 2.24. The molecular weight excluding hydrogens is 374 g/mol. The van der Waals surface area contributed by atoms with Crippen LogP contribution in [0.25, 0.3) is 0 Å². The van der Waals surface area contributed by atoms with Crippen LogP contribution in [0, 0.1) is 3.57 Å². The molecule has 0 radical (unpaired) electrons. The van der Waals surface area contributed by atoms with Crippen LogP contribution in [0.15, 0.2) is 12.1 Å². The molecule has 3 nitrogen and oxygen atoms in total. The van der Waals surface area contributed by atoms with E-state index in [4.69, 9.17) is 9.47 Å². The maximum absolute atomic E-state index is 12.2. The topological polar surface area (TPSA) is 21.7 Å². The van der Waals surface area contributed by atoms with Crippen molar-refractivity contribution in [2.24, 2.45) is 0 Å². The first-order valence-electron chi connectivity index (χ1n) is 5.43. The van der Waals surface area contributed by atoms with Gasteiger partial charge in [0.25, 0.3) is 0 Å². The molecule has 1 aromatic carbocycles. The molecule has 0 heterocycles. The molecule has 0 saturated heterocycles. The highest BCUT2D eigenvalue weighted by molar-refractivity contribution is 14.1. The van der Waals surface area contributed by atoms with Crippen molar-refractivity contribution < 1.29 is 22.6 Å². The summed E-state index contributed by atoms with van der Waals surface area (Å²) in [6.07, 6.45) is -4.36. The fourth-order valence-electron chi connectivity index (χ4n) is 1.52. The highest BCUT2D eigenvalue weighted by Gasteiger charge is 2.29. The third-order valence-electron chi connectivity index (χ3n) is 2.17. The van der Waals surface area contributed by atoms with Gasteiger partial charge in [0.05, 0.1) is 10.7 Å². The molecular formula is C12H15F3INO2. The summed E-state index contributed by atoms with van der Waals surface area (Å²) in [5, 5.41) is 0. The van der Waals surface area contributed by atoms with Crippen molar-refractivity contribution in [1.29, 1.82) is 0 Å². The van der Waals surface area contributed by atoms with Crippen LogP contribution in [0.1, 0.15) is 5.56 Å². The van der Waals surface area contributed by atoms with Crippen molar-refractivity contribution in [3.05, 3.63) is 21.3 Å². The van der Waals surface area contributed by atoms with E-state index in [9.17, 15) is 13.2 Å². The standard InChI is InChI=1S/C12H15F3INO2/c1-17(2)6-8-4-9(16)11(10(5-8)18-3)19-7-12(13,14)15/h4-5H,6-7H2,1-3H3. The number of hydrogen-bond acceptors (Lipinski definition) is 3. The zero-order valence-electron chi connectivity index (χ0n) is 10.8. The lowest BCUT2D eigenvalue weighted by molar-refractivity contribution is -0.153. The summed E-state index contributed by atoms with van der Waals surface area (Å²) in [7, 11) is 5.23. The Balaban J connectivity index is 2.98. The molecule has 0 spiro atoms. The zero-order valence-corrected chi connectivity index (χ0v) is 13.0. The van der Waals surface area contributed by atoms with E-state index in [1.165, 1.54) is 7.11 Å². The lowest BCUT2D eigenvalue weighted by Gasteiger charge is -2.17. The number of methoxy groups -OCH3 is 1. The second kappa shape index (κ2) is 6.65. The number of nitrogens with zero attached hydrogens (tertiary/aromatic N) is 1. The minimum Gasteiger partial charge on any atom is -0.493 e. The van der Waals surface area contributed by atoms with Crippen LogP contribution in [0.2, 0.25) is 0 Å². The number of alkyl halides is 3. The lowest BCUT2D eigenvalue weighted by atomic mass is 10.2. The van der Waals surface area contributed by atoms with Crippen LogP contribution in [0.4, 0.5) is 13.2 Å². The quantitative estimate of drug-likeness (QED) is 0.722. The minimum absolute atomic E-state index is 0.128. The Morgan fingerprint density at radius 3 is 2.37 bits per heavy atom. The molecule has 0 aliphatic carbocycles. The van der Waals surface area contributed by atoms with Crippen molar-refractivity contribution in [2.45, 2.75) is 12.7 Å². The van der Waals surface area contributed by atoms with Crippen molar-refractivity contribution >= 4 is 22.6 Å². The number of rotatable bonds is 5. The predicted octanol–water partition coefficient (Wildman–Crippen LogP) is 3.30. The van der Waals surface area contributed by atoms with Crippen LogP contribution >= 0.6 is 22.6 Å². The summed E-state index contributed by atoms with van der Waals surface area (Å²) in [4.78, 5) is 1.96. The Morgan fingerprint density at radius 1 is 1.26 bits per heavy atom. The van der Waals surface area contributed by atoms with Gasteiger partial charge in [-0.2, -0.15) is 13.2 Å². The summed E-state index contributed by atoms with van der Waals surface area (Å²) in [6.45, 7) is -0.654. The van der Waals surface area contributed by atoms with E-state index >= 15 is 0 Å². The largest absolute Gasteiger partial charge is 0.493 e. The second-order valence-corrected chi connectivity index (χ2v) is 5.41. The van der Waals surface area contributed by atoms with E-state index in [-0.39, 0.29) is 5.75 Å². The number of ether oxygens (including phenoxy) is 2. The third-order valence-corrected chi connectivity index (χ3v) is 2.97. The fraction of sp³-hybridized carbons (Fsp3) is 0.500. The molecule has 0 fully saturated rings. The average molecular weight is 389 g/mol. The number of benzene rings is 1. The van der Waals surface area contributed by atoms with Gasteiger partial charge in [0.15, 0.2) is 18.1 Å². The Labute approximate surface area is 123 Å². The minimum atomic E-state index is -4.36. The van der Waals surface area contributed by atoms with Gasteiger partial charge in [-0.15, -0.1) is 0 Å². The van der Waals surface area contributed by atoms with Crippen molar-refractivity contribution in [2.75, 3.05) is 27.8 Å². The lowest BCUT2D eigenvalue weighted by Crippen LogP contribution is -2.20. The summed E-state index contributed by atoms with van der Waals surface area (Å²) in [5.74, 6) is 0.441. The van der Waals surface area contributed by atoms with Crippen LogP contribution in [-0.4, -0.2) is 38.9 Å². The molecule has 0 N–H and O–H groups in total. The molecule has 1 aromatic rings. The summed E-state index contributed by atoms with van der Waals surface area (Å²) >= 11 is 1.94. The van der Waals surface area contributed by atoms with E-state index in [1.807, 2.05) is 41.6 Å². The van der Waals surface area contributed by atoms with Gasteiger partial charge in [0, 0.05) is 6.54 Å². The van der Waals surface area contributed by atoms with Gasteiger partial charge in [-0.25, -0.2) is 0 Å². The van der Waals surface area contributed by atoms with Crippen LogP contribution in [0.5, 0.6) is 11.5 Å². The maximum Gasteiger partial charge on any atom is 0.422 e. The van der Waals surface area contributed by atoms with Gasteiger partial charge in [0.1, 0.15) is 0 Å². The first kappa shape index (κ1) is 16.4. The van der Waals surface area contributed by atoms with Gasteiger partial charge < -0.3 is 14.4 Å². The molecule has 108 valence electrons. The Morgan fingerprint density at radius 2 is 1.89 bits per heavy atom. The molecule has 0 amide bonds. The summed E-state index contributed by atoms with van der Waals surface area (Å²) in [5.41, 5.74) is 0.950. The van der Waals surface area contributed by atoms with E-state index in [0.717, 1.165) is 5.56 Å². The van der Waals surface area contributed by atoms with E-state index in [2.05, 4.69) is 0 Å². The number of halogens is 4. The van der Waals surface area contributed by atoms with Gasteiger partial charge >= 0.3 is 6.18 Å². The molecule has 0 aliphatic rings. The van der Waals surface area contributed by atoms with Crippen LogP contribution < -0.4 is 9.47 Å². The highest BCUT2D eigenvalue weighted by atomic mass is 127. The molecule has 0 unspecified atom stereocenters. The third kappa shape index (κ3) is 5.43. The normalized spacial score (nSPS) is 11.8. The SMILES string of the molecule is COc1cc(CN(C)C)cc(I)c1OCC(F)(F)F.